The van der Waals surface area contributed by atoms with Gasteiger partial charge in [-0.05, 0) is 76.8 Å². The number of phenolic OH excluding ortho intramolecular Hbond substituents is 1. The Hall–Kier alpha value is -2.47. The van der Waals surface area contributed by atoms with Crippen LogP contribution < -0.4 is 10.1 Å². The SMILES string of the molecule is CC1=[N+](CCCNC(=O)C2(C)CCc3c(C)c(O)c(C)c(C)c3O2)c2ccc(S)cc2C1(C)C. The van der Waals surface area contributed by atoms with Gasteiger partial charge < -0.3 is 15.2 Å². The molecule has 0 saturated heterocycles. The smallest absolute Gasteiger partial charge is 0.263 e. The summed E-state index contributed by atoms with van der Waals surface area (Å²) < 4.78 is 8.68. The average molecular weight is 482 g/mol. The first-order valence-corrected chi connectivity index (χ1v) is 12.6. The maximum absolute atomic E-state index is 13.2. The Morgan fingerprint density at radius 3 is 2.56 bits per heavy atom. The number of nitrogens with one attached hydrogen (secondary N) is 1. The Labute approximate surface area is 208 Å². The van der Waals surface area contributed by atoms with Crippen molar-refractivity contribution in [2.24, 2.45) is 0 Å². The molecule has 2 N–H and O–H groups in total. The van der Waals surface area contributed by atoms with Gasteiger partial charge >= 0.3 is 0 Å². The van der Waals surface area contributed by atoms with Gasteiger partial charge in [0.2, 0.25) is 5.69 Å². The number of benzene rings is 2. The van der Waals surface area contributed by atoms with Gasteiger partial charge in [0.15, 0.2) is 17.9 Å². The number of phenols is 1. The molecule has 2 heterocycles. The highest BCUT2D eigenvalue weighted by Crippen LogP contribution is 2.43. The zero-order chi connectivity index (χ0) is 25.0. The van der Waals surface area contributed by atoms with Crippen LogP contribution in [0.4, 0.5) is 5.69 Å². The largest absolute Gasteiger partial charge is 0.507 e. The maximum atomic E-state index is 13.2. The van der Waals surface area contributed by atoms with E-state index in [4.69, 9.17) is 4.74 Å². The Kier molecular flexibility index (Phi) is 6.26. The number of nitrogens with zero attached hydrogens (tertiary/aromatic N) is 1. The Morgan fingerprint density at radius 1 is 1.15 bits per heavy atom. The Balaban J connectivity index is 1.42. The molecule has 0 aromatic heterocycles. The molecule has 0 radical (unpaired) electrons. The van der Waals surface area contributed by atoms with Crippen LogP contribution in [0.3, 0.4) is 0 Å². The van der Waals surface area contributed by atoms with E-state index in [-0.39, 0.29) is 11.3 Å². The van der Waals surface area contributed by atoms with E-state index in [9.17, 15) is 9.90 Å². The predicted octanol–water partition coefficient (Wildman–Crippen LogP) is 5.29. The third kappa shape index (κ3) is 3.90. The summed E-state index contributed by atoms with van der Waals surface area (Å²) in [4.78, 5) is 14.1. The molecule has 0 aliphatic carbocycles. The molecule has 0 spiro atoms. The number of thiol groups is 1. The molecular weight excluding hydrogens is 444 g/mol. The van der Waals surface area contributed by atoms with Crippen molar-refractivity contribution >= 4 is 29.9 Å². The first-order chi connectivity index (χ1) is 15.9. The standard InChI is InChI=1S/C28H36N2O3S/c1-16-17(2)25-21(18(3)24(16)31)11-12-28(7,33-25)26(32)29-13-8-14-30-19(4)27(5,6)22-15-20(34)9-10-23(22)30/h9-10,15H,8,11-14H2,1-7H3,(H2-,29,31,32,34)/p+1. The van der Waals surface area contributed by atoms with E-state index in [1.165, 1.54) is 17.0 Å². The molecule has 0 bridgehead atoms. The van der Waals surface area contributed by atoms with Gasteiger partial charge in [0.25, 0.3) is 5.91 Å². The quantitative estimate of drug-likeness (QED) is 0.309. The van der Waals surface area contributed by atoms with E-state index in [0.717, 1.165) is 45.9 Å². The second-order valence-electron chi connectivity index (χ2n) is 10.5. The molecule has 2 aromatic rings. The van der Waals surface area contributed by atoms with Crippen LogP contribution in [0.1, 0.15) is 68.4 Å². The zero-order valence-electron chi connectivity index (χ0n) is 21.4. The van der Waals surface area contributed by atoms with Crippen molar-refractivity contribution < 1.29 is 19.2 Å². The van der Waals surface area contributed by atoms with Gasteiger partial charge in [-0.1, -0.05) is 0 Å². The van der Waals surface area contributed by atoms with Crippen LogP contribution in [0, 0.1) is 20.8 Å². The lowest BCUT2D eigenvalue weighted by atomic mass is 9.82. The van der Waals surface area contributed by atoms with Crippen molar-refractivity contribution in [3.05, 3.63) is 46.0 Å². The molecule has 0 saturated carbocycles. The summed E-state index contributed by atoms with van der Waals surface area (Å²) in [5.41, 5.74) is 6.48. The average Bonchev–Trinajstić information content (AvgIpc) is 2.98. The van der Waals surface area contributed by atoms with E-state index in [1.807, 2.05) is 33.8 Å². The molecule has 5 nitrogen and oxygen atoms in total. The summed E-state index contributed by atoms with van der Waals surface area (Å²) in [5.74, 6) is 1.00. The number of hydrogen-bond donors (Lipinski definition) is 3. The van der Waals surface area contributed by atoms with E-state index in [2.05, 4.69) is 55.4 Å². The predicted molar refractivity (Wildman–Crippen MR) is 139 cm³/mol. The van der Waals surface area contributed by atoms with Crippen LogP contribution in [0.15, 0.2) is 23.1 Å². The monoisotopic (exact) mass is 481 g/mol. The molecule has 182 valence electrons. The summed E-state index contributed by atoms with van der Waals surface area (Å²) >= 11 is 4.53. The normalized spacial score (nSPS) is 20.6. The van der Waals surface area contributed by atoms with Gasteiger partial charge in [-0.3, -0.25) is 4.79 Å². The third-order valence-corrected chi connectivity index (χ3v) is 8.38. The minimum absolute atomic E-state index is 0.0311. The number of ether oxygens (including phenoxy) is 1. The van der Waals surface area contributed by atoms with Crippen LogP contribution >= 0.6 is 12.6 Å². The van der Waals surface area contributed by atoms with Crippen molar-refractivity contribution in [2.45, 2.75) is 83.6 Å². The fourth-order valence-electron chi connectivity index (χ4n) is 5.29. The number of rotatable bonds is 5. The highest BCUT2D eigenvalue weighted by Gasteiger charge is 2.43. The maximum Gasteiger partial charge on any atom is 0.263 e. The summed E-state index contributed by atoms with van der Waals surface area (Å²) in [6.45, 7) is 15.7. The van der Waals surface area contributed by atoms with Crippen molar-refractivity contribution in [3.8, 4) is 11.5 Å². The number of fused-ring (bicyclic) bond motifs is 2. The first kappa shape index (κ1) is 24.6. The fraction of sp³-hybridized carbons (Fsp3) is 0.500. The van der Waals surface area contributed by atoms with Crippen molar-refractivity contribution in [1.82, 2.24) is 5.32 Å². The van der Waals surface area contributed by atoms with Crippen LogP contribution in [0.5, 0.6) is 11.5 Å². The lowest BCUT2D eigenvalue weighted by Crippen LogP contribution is -2.51. The molecule has 4 rings (SSSR count). The van der Waals surface area contributed by atoms with Gasteiger partial charge in [0.05, 0.1) is 5.41 Å². The van der Waals surface area contributed by atoms with Crippen molar-refractivity contribution in [2.75, 3.05) is 13.1 Å². The van der Waals surface area contributed by atoms with Crippen LogP contribution in [0.2, 0.25) is 0 Å². The van der Waals surface area contributed by atoms with Gasteiger partial charge in [-0.2, -0.15) is 4.58 Å². The summed E-state index contributed by atoms with van der Waals surface area (Å²) in [6.07, 6.45) is 2.13. The Bertz CT molecular complexity index is 1210. The molecule has 2 aliphatic heterocycles. The molecule has 1 unspecified atom stereocenters. The molecule has 1 amide bonds. The minimum atomic E-state index is -0.916. The van der Waals surface area contributed by atoms with E-state index in [0.29, 0.717) is 25.1 Å². The fourth-order valence-corrected chi connectivity index (χ4v) is 5.50. The second-order valence-corrected chi connectivity index (χ2v) is 11.1. The molecule has 1 atom stereocenters. The molecule has 34 heavy (non-hydrogen) atoms. The second kappa shape index (κ2) is 8.63. The number of carbonyl (C=O) groups is 1. The topological polar surface area (TPSA) is 61.6 Å². The molecule has 6 heteroatoms. The van der Waals surface area contributed by atoms with Crippen LogP contribution in [-0.4, -0.2) is 40.0 Å². The summed E-state index contributed by atoms with van der Waals surface area (Å²) in [6, 6.07) is 6.34. The molecule has 2 aliphatic rings. The lowest BCUT2D eigenvalue weighted by molar-refractivity contribution is -0.439. The van der Waals surface area contributed by atoms with Gasteiger partial charge in [-0.15, -0.1) is 12.6 Å². The van der Waals surface area contributed by atoms with E-state index >= 15 is 0 Å². The highest BCUT2D eigenvalue weighted by molar-refractivity contribution is 7.80. The Morgan fingerprint density at radius 2 is 1.85 bits per heavy atom. The number of amides is 1. The van der Waals surface area contributed by atoms with Crippen molar-refractivity contribution in [3.63, 3.8) is 0 Å². The summed E-state index contributed by atoms with van der Waals surface area (Å²) in [5, 5.41) is 13.5. The highest BCUT2D eigenvalue weighted by atomic mass is 32.1. The van der Waals surface area contributed by atoms with Gasteiger partial charge in [0.1, 0.15) is 11.5 Å². The van der Waals surface area contributed by atoms with Gasteiger partial charge in [0, 0.05) is 48.4 Å². The summed E-state index contributed by atoms with van der Waals surface area (Å²) in [7, 11) is 0. The molecular formula is C28H37N2O3S+. The lowest BCUT2D eigenvalue weighted by Gasteiger charge is -2.36. The van der Waals surface area contributed by atoms with Gasteiger partial charge in [-0.25, -0.2) is 0 Å². The first-order valence-electron chi connectivity index (χ1n) is 12.1. The van der Waals surface area contributed by atoms with E-state index in [1.54, 1.807) is 0 Å². The molecule has 0 fully saturated rings. The van der Waals surface area contributed by atoms with E-state index < -0.39 is 5.60 Å². The van der Waals surface area contributed by atoms with Crippen LogP contribution in [-0.2, 0) is 16.6 Å². The minimum Gasteiger partial charge on any atom is -0.507 e. The zero-order valence-corrected chi connectivity index (χ0v) is 22.3. The van der Waals surface area contributed by atoms with Crippen molar-refractivity contribution in [1.29, 1.82) is 0 Å². The van der Waals surface area contributed by atoms with Crippen LogP contribution in [0.25, 0.3) is 0 Å². The number of hydrogen-bond acceptors (Lipinski definition) is 4. The molecule has 2 aromatic carbocycles. The third-order valence-electron chi connectivity index (χ3n) is 8.10. The number of carbonyl (C=O) groups excluding carboxylic acids is 1. The number of aromatic hydroxyl groups is 1.